The van der Waals surface area contributed by atoms with Crippen LogP contribution < -0.4 is 34.9 Å². The SMILES string of the molecule is N=N/C(=C/OS(=O)(=O)c1ccccc1)Nc1ccc(C(=O)O)cn1.[H-].[Na+]. The maximum absolute atomic E-state index is 11.9. The Bertz CT molecular complexity index is 876. The number of benzene rings is 1. The molecule has 1 heterocycles. The molecule has 0 spiro atoms. The van der Waals surface area contributed by atoms with Crippen LogP contribution in [0.15, 0.2) is 70.8 Å². The van der Waals surface area contributed by atoms with Gasteiger partial charge in [0.2, 0.25) is 0 Å². The van der Waals surface area contributed by atoms with Crippen LogP contribution in [0.2, 0.25) is 0 Å². The van der Waals surface area contributed by atoms with Crippen molar-refractivity contribution in [2.45, 2.75) is 4.90 Å². The third kappa shape index (κ3) is 5.94. The van der Waals surface area contributed by atoms with Crippen LogP contribution in [0.3, 0.4) is 0 Å². The standard InChI is InChI=1S/C14H12N4O5S.Na.H/c15-18-13(17-12-7-6-10(8-16-12)14(19)20)9-23-24(21,22)11-4-2-1-3-5-11;;/h1-9,15H,(H,16,17)(H,19,20);;/q;+1;-1/b13-9+,18-15?;;. The van der Waals surface area contributed by atoms with Crippen LogP contribution in [-0.2, 0) is 14.3 Å². The number of aromatic carboxylic acids is 1. The maximum Gasteiger partial charge on any atom is 1.00 e. The topological polar surface area (TPSA) is 142 Å². The van der Waals surface area contributed by atoms with E-state index >= 15 is 0 Å². The minimum Gasteiger partial charge on any atom is -1.00 e. The van der Waals surface area contributed by atoms with Crippen LogP contribution in [0.25, 0.3) is 0 Å². The second-order valence-corrected chi connectivity index (χ2v) is 5.91. The molecular weight excluding hydrogens is 359 g/mol. The largest absolute Gasteiger partial charge is 1.00 e. The van der Waals surface area contributed by atoms with Crippen molar-refractivity contribution in [2.75, 3.05) is 5.32 Å². The van der Waals surface area contributed by atoms with Gasteiger partial charge in [-0.25, -0.2) is 15.3 Å². The summed E-state index contributed by atoms with van der Waals surface area (Å²) in [5, 5.41) is 14.4. The molecule has 0 saturated carbocycles. The van der Waals surface area contributed by atoms with Gasteiger partial charge < -0.3 is 16.0 Å². The molecule has 0 atom stereocenters. The molecule has 11 heteroatoms. The smallest absolute Gasteiger partial charge is 1.00 e. The van der Waals surface area contributed by atoms with Crippen LogP contribution in [0.4, 0.5) is 5.82 Å². The number of hydrogen-bond donors (Lipinski definition) is 3. The molecule has 0 radical (unpaired) electrons. The fourth-order valence-corrected chi connectivity index (χ4v) is 2.38. The average Bonchev–Trinajstić information content (AvgIpc) is 2.59. The normalized spacial score (nSPS) is 11.1. The van der Waals surface area contributed by atoms with Crippen molar-refractivity contribution in [1.29, 1.82) is 5.53 Å². The Balaban J connectivity index is 0.00000312. The van der Waals surface area contributed by atoms with Gasteiger partial charge in [-0.15, -0.1) is 5.11 Å². The summed E-state index contributed by atoms with van der Waals surface area (Å²) in [7, 11) is -4.03. The van der Waals surface area contributed by atoms with Gasteiger partial charge in [0.15, 0.2) is 12.1 Å². The molecule has 3 N–H and O–H groups in total. The number of nitrogens with zero attached hydrogens (tertiary/aromatic N) is 2. The zero-order valence-corrected chi connectivity index (χ0v) is 15.9. The zero-order chi connectivity index (χ0) is 17.6. The Morgan fingerprint density at radius 1 is 1.28 bits per heavy atom. The molecule has 0 aliphatic carbocycles. The molecule has 2 aromatic rings. The molecule has 25 heavy (non-hydrogen) atoms. The molecule has 126 valence electrons. The van der Waals surface area contributed by atoms with Crippen LogP contribution >= 0.6 is 0 Å². The molecular formula is C14H13N4NaO5S. The first kappa shape index (κ1) is 20.8. The predicted molar refractivity (Wildman–Crippen MR) is 83.9 cm³/mol. The summed E-state index contributed by atoms with van der Waals surface area (Å²) in [5.74, 6) is -1.19. The maximum atomic E-state index is 11.9. The van der Waals surface area contributed by atoms with E-state index in [0.717, 1.165) is 12.5 Å². The van der Waals surface area contributed by atoms with Gasteiger partial charge in [0.25, 0.3) is 0 Å². The number of carboxylic acids is 1. The molecule has 0 amide bonds. The van der Waals surface area contributed by atoms with Crippen molar-refractivity contribution in [1.82, 2.24) is 4.98 Å². The number of aromatic nitrogens is 1. The quantitative estimate of drug-likeness (QED) is 0.258. The van der Waals surface area contributed by atoms with E-state index in [4.69, 9.17) is 14.8 Å². The fraction of sp³-hybridized carbons (Fsp3) is 0. The summed E-state index contributed by atoms with van der Waals surface area (Å²) in [4.78, 5) is 14.5. The Kier molecular flexibility index (Phi) is 7.71. The van der Waals surface area contributed by atoms with Crippen LogP contribution in [0, 0.1) is 5.53 Å². The second kappa shape index (κ2) is 9.28. The van der Waals surface area contributed by atoms with E-state index in [9.17, 15) is 13.2 Å². The minimum absolute atomic E-state index is 0. The van der Waals surface area contributed by atoms with Crippen molar-refractivity contribution in [2.24, 2.45) is 5.11 Å². The van der Waals surface area contributed by atoms with Crippen LogP contribution in [-0.4, -0.2) is 24.5 Å². The number of carboxylic acid groups (broad SMARTS) is 1. The first-order valence-electron chi connectivity index (χ1n) is 6.45. The Morgan fingerprint density at radius 3 is 2.48 bits per heavy atom. The van der Waals surface area contributed by atoms with Crippen LogP contribution in [0.1, 0.15) is 11.8 Å². The van der Waals surface area contributed by atoms with E-state index in [1.165, 1.54) is 24.3 Å². The van der Waals surface area contributed by atoms with Crippen molar-refractivity contribution >= 4 is 21.9 Å². The second-order valence-electron chi connectivity index (χ2n) is 4.34. The van der Waals surface area contributed by atoms with E-state index in [-0.39, 0.29) is 53.1 Å². The van der Waals surface area contributed by atoms with E-state index in [1.54, 1.807) is 18.2 Å². The molecule has 0 aliphatic rings. The van der Waals surface area contributed by atoms with Gasteiger partial charge in [0.1, 0.15) is 10.7 Å². The van der Waals surface area contributed by atoms with Gasteiger partial charge in [-0.05, 0) is 24.3 Å². The van der Waals surface area contributed by atoms with E-state index in [2.05, 4.69) is 15.4 Å². The number of rotatable bonds is 7. The summed E-state index contributed by atoms with van der Waals surface area (Å²) in [6.45, 7) is 0. The van der Waals surface area contributed by atoms with Gasteiger partial charge in [0.05, 0.1) is 5.56 Å². The van der Waals surface area contributed by atoms with Gasteiger partial charge in [0, 0.05) is 6.20 Å². The van der Waals surface area contributed by atoms with Crippen molar-refractivity contribution in [3.63, 3.8) is 0 Å². The van der Waals surface area contributed by atoms with Crippen molar-refractivity contribution < 1.29 is 53.5 Å². The molecule has 0 unspecified atom stereocenters. The third-order valence-corrected chi connectivity index (χ3v) is 3.90. The number of nitrogens with one attached hydrogen (secondary N) is 2. The Labute approximate surface area is 167 Å². The number of pyridine rings is 1. The minimum atomic E-state index is -4.03. The number of carbonyl (C=O) groups is 1. The van der Waals surface area contributed by atoms with Gasteiger partial charge in [-0.2, -0.15) is 8.42 Å². The zero-order valence-electron chi connectivity index (χ0n) is 14.1. The third-order valence-electron chi connectivity index (χ3n) is 2.71. The van der Waals surface area contributed by atoms with Gasteiger partial charge >= 0.3 is 45.6 Å². The van der Waals surface area contributed by atoms with E-state index < -0.39 is 16.1 Å². The predicted octanol–water partition coefficient (Wildman–Crippen LogP) is -0.456. The summed E-state index contributed by atoms with van der Waals surface area (Å²) in [6.07, 6.45) is 1.86. The van der Waals surface area contributed by atoms with Gasteiger partial charge in [-0.1, -0.05) is 18.2 Å². The summed E-state index contributed by atoms with van der Waals surface area (Å²) in [5.41, 5.74) is 7.01. The molecule has 1 aromatic heterocycles. The molecule has 0 aliphatic heterocycles. The van der Waals surface area contributed by atoms with Crippen molar-refractivity contribution in [3.05, 3.63) is 66.3 Å². The van der Waals surface area contributed by atoms with Crippen molar-refractivity contribution in [3.8, 4) is 0 Å². The fourth-order valence-electron chi connectivity index (χ4n) is 1.56. The molecule has 0 bridgehead atoms. The molecule has 2 rings (SSSR count). The Morgan fingerprint density at radius 2 is 1.96 bits per heavy atom. The number of anilines is 1. The van der Waals surface area contributed by atoms with E-state index in [0.29, 0.717) is 0 Å². The summed E-state index contributed by atoms with van der Waals surface area (Å²) < 4.78 is 28.6. The average molecular weight is 372 g/mol. The first-order valence-corrected chi connectivity index (χ1v) is 7.85. The molecule has 1 aromatic carbocycles. The molecule has 0 saturated heterocycles. The molecule has 0 fully saturated rings. The summed E-state index contributed by atoms with van der Waals surface area (Å²) >= 11 is 0. The Hall–Kier alpha value is -2.27. The first-order chi connectivity index (χ1) is 11.4. The van der Waals surface area contributed by atoms with Crippen LogP contribution in [0.5, 0.6) is 0 Å². The van der Waals surface area contributed by atoms with E-state index in [1.807, 2.05) is 0 Å². The monoisotopic (exact) mass is 372 g/mol. The molecule has 9 nitrogen and oxygen atoms in total. The van der Waals surface area contributed by atoms with Gasteiger partial charge in [-0.3, -0.25) is 0 Å². The summed E-state index contributed by atoms with van der Waals surface area (Å²) in [6, 6.07) is 10.1. The number of hydrogen-bond acceptors (Lipinski definition) is 8.